The molecular weight excluding hydrogens is 204 g/mol. The minimum absolute atomic E-state index is 0.0965. The lowest BCUT2D eigenvalue weighted by atomic mass is 10.2. The number of rotatable bonds is 1. The zero-order chi connectivity index (χ0) is 7.90. The maximum atomic E-state index is 5.94. The highest BCUT2D eigenvalue weighted by Crippen LogP contribution is 2.41. The van der Waals surface area contributed by atoms with Crippen molar-refractivity contribution in [1.29, 1.82) is 0 Å². The molecule has 0 bridgehead atoms. The van der Waals surface area contributed by atoms with E-state index in [1.54, 1.807) is 6.20 Å². The van der Waals surface area contributed by atoms with E-state index in [1.165, 1.54) is 0 Å². The van der Waals surface area contributed by atoms with Crippen molar-refractivity contribution in [3.63, 3.8) is 0 Å². The Labute approximate surface area is 73.9 Å². The van der Waals surface area contributed by atoms with Gasteiger partial charge in [-0.05, 0) is 40.9 Å². The molecule has 0 unspecified atom stereocenters. The van der Waals surface area contributed by atoms with Crippen molar-refractivity contribution >= 4 is 15.9 Å². The standard InChI is InChI=1S/C8H9BrN2/c9-6-1-2-7(11-5-6)8(10)3-4-8/h1-2,5H,3-4,10H2. The summed E-state index contributed by atoms with van der Waals surface area (Å²) in [6.07, 6.45) is 3.94. The van der Waals surface area contributed by atoms with Crippen LogP contribution in [0.5, 0.6) is 0 Å². The number of hydrogen-bond donors (Lipinski definition) is 1. The number of nitrogens with zero attached hydrogens (tertiary/aromatic N) is 1. The second kappa shape index (κ2) is 2.29. The molecule has 0 radical (unpaired) electrons. The van der Waals surface area contributed by atoms with Crippen LogP contribution in [-0.4, -0.2) is 4.98 Å². The molecule has 11 heavy (non-hydrogen) atoms. The predicted octanol–water partition coefficient (Wildman–Crippen LogP) is 1.79. The van der Waals surface area contributed by atoms with Crippen LogP contribution in [-0.2, 0) is 5.54 Å². The minimum Gasteiger partial charge on any atom is -0.320 e. The summed E-state index contributed by atoms with van der Waals surface area (Å²) < 4.78 is 1.01. The van der Waals surface area contributed by atoms with Gasteiger partial charge in [0.05, 0.1) is 11.2 Å². The molecule has 3 heteroatoms. The van der Waals surface area contributed by atoms with Crippen LogP contribution < -0.4 is 5.73 Å². The summed E-state index contributed by atoms with van der Waals surface area (Å²) in [6, 6.07) is 3.96. The number of aromatic nitrogens is 1. The first-order valence-corrected chi connectivity index (χ1v) is 4.41. The first-order chi connectivity index (χ1) is 5.21. The second-order valence-corrected chi connectivity index (χ2v) is 3.93. The molecule has 58 valence electrons. The van der Waals surface area contributed by atoms with Crippen LogP contribution in [0.4, 0.5) is 0 Å². The molecule has 0 aromatic carbocycles. The van der Waals surface area contributed by atoms with Crippen molar-refractivity contribution in [3.8, 4) is 0 Å². The molecule has 0 aliphatic heterocycles. The Morgan fingerprint density at radius 3 is 2.64 bits per heavy atom. The SMILES string of the molecule is NC1(c2ccc(Br)cn2)CC1. The van der Waals surface area contributed by atoms with Crippen LogP contribution in [0.3, 0.4) is 0 Å². The second-order valence-electron chi connectivity index (χ2n) is 3.02. The van der Waals surface area contributed by atoms with Crippen molar-refractivity contribution in [1.82, 2.24) is 4.98 Å². The smallest absolute Gasteiger partial charge is 0.0603 e. The Hall–Kier alpha value is -0.410. The Balaban J connectivity index is 2.33. The van der Waals surface area contributed by atoms with Gasteiger partial charge in [-0.3, -0.25) is 4.98 Å². The van der Waals surface area contributed by atoms with Gasteiger partial charge < -0.3 is 5.73 Å². The molecule has 1 aromatic rings. The van der Waals surface area contributed by atoms with Crippen LogP contribution in [0.25, 0.3) is 0 Å². The molecule has 0 atom stereocenters. The van der Waals surface area contributed by atoms with E-state index in [0.29, 0.717) is 0 Å². The average Bonchev–Trinajstić information content (AvgIpc) is 2.70. The average molecular weight is 213 g/mol. The predicted molar refractivity (Wildman–Crippen MR) is 47.0 cm³/mol. The molecule has 2 N–H and O–H groups in total. The van der Waals surface area contributed by atoms with Gasteiger partial charge in [-0.2, -0.15) is 0 Å². The molecule has 1 heterocycles. The topological polar surface area (TPSA) is 38.9 Å². The van der Waals surface area contributed by atoms with E-state index < -0.39 is 0 Å². The van der Waals surface area contributed by atoms with Crippen LogP contribution in [0.1, 0.15) is 18.5 Å². The van der Waals surface area contributed by atoms with Crippen molar-refractivity contribution in [3.05, 3.63) is 28.5 Å². The lowest BCUT2D eigenvalue weighted by molar-refractivity contribution is 0.707. The van der Waals surface area contributed by atoms with Gasteiger partial charge >= 0.3 is 0 Å². The molecular formula is C8H9BrN2. The van der Waals surface area contributed by atoms with E-state index >= 15 is 0 Å². The highest BCUT2D eigenvalue weighted by molar-refractivity contribution is 9.10. The van der Waals surface area contributed by atoms with Crippen LogP contribution in [0, 0.1) is 0 Å². The van der Waals surface area contributed by atoms with Crippen molar-refractivity contribution in [2.75, 3.05) is 0 Å². The van der Waals surface area contributed by atoms with E-state index in [-0.39, 0.29) is 5.54 Å². The quantitative estimate of drug-likeness (QED) is 0.772. The molecule has 1 aliphatic rings. The van der Waals surface area contributed by atoms with Crippen LogP contribution >= 0.6 is 15.9 Å². The lowest BCUT2D eigenvalue weighted by Gasteiger charge is -2.06. The van der Waals surface area contributed by atoms with E-state index in [1.807, 2.05) is 12.1 Å². The summed E-state index contributed by atoms with van der Waals surface area (Å²) in [6.45, 7) is 0. The van der Waals surface area contributed by atoms with E-state index in [0.717, 1.165) is 23.0 Å². The maximum Gasteiger partial charge on any atom is 0.0603 e. The third-order valence-electron chi connectivity index (χ3n) is 2.03. The van der Waals surface area contributed by atoms with Gasteiger partial charge in [-0.1, -0.05) is 0 Å². The van der Waals surface area contributed by atoms with Crippen LogP contribution in [0.15, 0.2) is 22.8 Å². The molecule has 1 aliphatic carbocycles. The number of pyridine rings is 1. The van der Waals surface area contributed by atoms with Crippen molar-refractivity contribution in [2.45, 2.75) is 18.4 Å². The number of nitrogens with two attached hydrogens (primary N) is 1. The molecule has 1 fully saturated rings. The zero-order valence-electron chi connectivity index (χ0n) is 6.05. The number of halogens is 1. The highest BCUT2D eigenvalue weighted by Gasteiger charge is 2.41. The van der Waals surface area contributed by atoms with Crippen molar-refractivity contribution < 1.29 is 0 Å². The van der Waals surface area contributed by atoms with Crippen LogP contribution in [0.2, 0.25) is 0 Å². The number of hydrogen-bond acceptors (Lipinski definition) is 2. The van der Waals surface area contributed by atoms with E-state index in [4.69, 9.17) is 5.73 Å². The third kappa shape index (κ3) is 1.30. The van der Waals surface area contributed by atoms with E-state index in [2.05, 4.69) is 20.9 Å². The first kappa shape index (κ1) is 7.25. The molecule has 0 saturated heterocycles. The lowest BCUT2D eigenvalue weighted by Crippen LogP contribution is -2.19. The Morgan fingerprint density at radius 1 is 1.45 bits per heavy atom. The van der Waals surface area contributed by atoms with Gasteiger partial charge in [-0.25, -0.2) is 0 Å². The molecule has 2 rings (SSSR count). The van der Waals surface area contributed by atoms with Gasteiger partial charge in [0.2, 0.25) is 0 Å². The van der Waals surface area contributed by atoms with Gasteiger partial charge in [0.1, 0.15) is 0 Å². The maximum absolute atomic E-state index is 5.94. The summed E-state index contributed by atoms with van der Waals surface area (Å²) in [7, 11) is 0. The fourth-order valence-corrected chi connectivity index (χ4v) is 1.30. The molecule has 0 amide bonds. The largest absolute Gasteiger partial charge is 0.320 e. The van der Waals surface area contributed by atoms with Gasteiger partial charge in [0.25, 0.3) is 0 Å². The molecule has 2 nitrogen and oxygen atoms in total. The Bertz CT molecular complexity index is 264. The normalized spacial score (nSPS) is 19.8. The van der Waals surface area contributed by atoms with Gasteiger partial charge in [-0.15, -0.1) is 0 Å². The van der Waals surface area contributed by atoms with E-state index in [9.17, 15) is 0 Å². The summed E-state index contributed by atoms with van der Waals surface area (Å²) in [4.78, 5) is 4.24. The zero-order valence-corrected chi connectivity index (χ0v) is 7.63. The summed E-state index contributed by atoms with van der Waals surface area (Å²) in [5.41, 5.74) is 6.86. The van der Waals surface area contributed by atoms with Crippen molar-refractivity contribution in [2.24, 2.45) is 5.73 Å². The van der Waals surface area contributed by atoms with Gasteiger partial charge in [0.15, 0.2) is 0 Å². The summed E-state index contributed by atoms with van der Waals surface area (Å²) >= 11 is 3.33. The summed E-state index contributed by atoms with van der Waals surface area (Å²) in [5, 5.41) is 0. The Morgan fingerprint density at radius 2 is 2.18 bits per heavy atom. The molecule has 1 aromatic heterocycles. The highest BCUT2D eigenvalue weighted by atomic mass is 79.9. The first-order valence-electron chi connectivity index (χ1n) is 3.62. The Kier molecular flexibility index (Phi) is 1.51. The van der Waals surface area contributed by atoms with Gasteiger partial charge in [0, 0.05) is 10.7 Å². The third-order valence-corrected chi connectivity index (χ3v) is 2.50. The molecule has 0 spiro atoms. The molecule has 1 saturated carbocycles. The minimum atomic E-state index is -0.0965. The fourth-order valence-electron chi connectivity index (χ4n) is 1.06. The summed E-state index contributed by atoms with van der Waals surface area (Å²) in [5.74, 6) is 0. The monoisotopic (exact) mass is 212 g/mol. The fraction of sp³-hybridized carbons (Fsp3) is 0.375.